The van der Waals surface area contributed by atoms with E-state index in [0.29, 0.717) is 30.4 Å². The number of aryl methyl sites for hydroxylation is 1. The summed E-state index contributed by atoms with van der Waals surface area (Å²) in [4.78, 5) is 11.3. The number of carboxylic acids is 1. The quantitative estimate of drug-likeness (QED) is 0.692. The number of ether oxygens (including phenoxy) is 2. The second-order valence-electron chi connectivity index (χ2n) is 5.54. The summed E-state index contributed by atoms with van der Waals surface area (Å²) in [5.41, 5.74) is 2.19. The molecule has 1 unspecified atom stereocenters. The fraction of sp³-hybridized carbons (Fsp3) is 0.316. The molecule has 4 nitrogen and oxygen atoms in total. The average molecular weight is 349 g/mol. The predicted molar refractivity (Wildman–Crippen MR) is 93.8 cm³/mol. The Hall–Kier alpha value is -2.04. The van der Waals surface area contributed by atoms with Crippen LogP contribution in [0.15, 0.2) is 48.5 Å². The SMILES string of the molecule is Cc1ccc(OC(CCOCCc2cccc(Cl)c2)C(=O)O)cc1. The van der Waals surface area contributed by atoms with Crippen molar-refractivity contribution in [3.05, 3.63) is 64.7 Å². The number of carbonyl (C=O) groups is 1. The van der Waals surface area contributed by atoms with Gasteiger partial charge in [0, 0.05) is 11.4 Å². The zero-order valence-corrected chi connectivity index (χ0v) is 14.3. The Labute approximate surface area is 147 Å². The van der Waals surface area contributed by atoms with Gasteiger partial charge in [-0.3, -0.25) is 0 Å². The molecule has 0 radical (unpaired) electrons. The van der Waals surface area contributed by atoms with Crippen LogP contribution in [0.1, 0.15) is 17.5 Å². The van der Waals surface area contributed by atoms with Gasteiger partial charge in [-0.1, -0.05) is 41.4 Å². The Balaban J connectivity index is 1.73. The number of halogens is 1. The molecule has 2 rings (SSSR count). The normalized spacial score (nSPS) is 11.9. The third-order valence-electron chi connectivity index (χ3n) is 3.52. The largest absolute Gasteiger partial charge is 0.479 e. The molecule has 0 aromatic heterocycles. The van der Waals surface area contributed by atoms with E-state index in [-0.39, 0.29) is 0 Å². The van der Waals surface area contributed by atoms with Crippen molar-refractivity contribution in [1.29, 1.82) is 0 Å². The van der Waals surface area contributed by atoms with E-state index in [2.05, 4.69) is 0 Å². The van der Waals surface area contributed by atoms with Gasteiger partial charge in [0.2, 0.25) is 0 Å². The summed E-state index contributed by atoms with van der Waals surface area (Å²) in [6.45, 7) is 2.80. The molecule has 0 spiro atoms. The summed E-state index contributed by atoms with van der Waals surface area (Å²) < 4.78 is 11.0. The topological polar surface area (TPSA) is 55.8 Å². The average Bonchev–Trinajstić information content (AvgIpc) is 2.55. The van der Waals surface area contributed by atoms with Crippen LogP contribution in [0.3, 0.4) is 0 Å². The molecule has 2 aromatic rings. The van der Waals surface area contributed by atoms with Gasteiger partial charge in [0.1, 0.15) is 5.75 Å². The molecule has 0 saturated heterocycles. The van der Waals surface area contributed by atoms with Crippen LogP contribution in [0.5, 0.6) is 5.75 Å². The molecular weight excluding hydrogens is 328 g/mol. The molecule has 1 atom stereocenters. The van der Waals surface area contributed by atoms with Gasteiger partial charge in [-0.15, -0.1) is 0 Å². The molecule has 0 amide bonds. The standard InChI is InChI=1S/C19H21ClO4/c1-14-5-7-17(8-6-14)24-18(19(21)22)10-12-23-11-9-15-3-2-4-16(20)13-15/h2-8,13,18H,9-12H2,1H3,(H,21,22). The third-order valence-corrected chi connectivity index (χ3v) is 3.76. The van der Waals surface area contributed by atoms with Gasteiger partial charge in [0.15, 0.2) is 6.10 Å². The number of aliphatic carboxylic acids is 1. The number of benzene rings is 2. The first-order valence-corrected chi connectivity index (χ1v) is 8.21. The molecule has 0 fully saturated rings. The van der Waals surface area contributed by atoms with Crippen LogP contribution in [-0.4, -0.2) is 30.4 Å². The molecule has 5 heteroatoms. The highest BCUT2D eigenvalue weighted by Crippen LogP contribution is 2.15. The summed E-state index contributed by atoms with van der Waals surface area (Å²) in [5.74, 6) is -0.444. The monoisotopic (exact) mass is 348 g/mol. The van der Waals surface area contributed by atoms with Gasteiger partial charge < -0.3 is 14.6 Å². The number of hydrogen-bond donors (Lipinski definition) is 1. The lowest BCUT2D eigenvalue weighted by molar-refractivity contribution is -0.146. The van der Waals surface area contributed by atoms with Crippen LogP contribution in [0, 0.1) is 6.92 Å². The van der Waals surface area contributed by atoms with E-state index in [1.165, 1.54) is 0 Å². The highest BCUT2D eigenvalue weighted by Gasteiger charge is 2.19. The molecular formula is C19H21ClO4. The van der Waals surface area contributed by atoms with Crippen LogP contribution in [0.4, 0.5) is 0 Å². The Morgan fingerprint density at radius 3 is 2.58 bits per heavy atom. The van der Waals surface area contributed by atoms with Crippen molar-refractivity contribution in [2.24, 2.45) is 0 Å². The minimum Gasteiger partial charge on any atom is -0.479 e. The van der Waals surface area contributed by atoms with Gasteiger partial charge in [0.05, 0.1) is 13.2 Å². The maximum Gasteiger partial charge on any atom is 0.344 e. The summed E-state index contributed by atoms with van der Waals surface area (Å²) in [5, 5.41) is 9.96. The molecule has 2 aromatic carbocycles. The van der Waals surface area contributed by atoms with Crippen molar-refractivity contribution < 1.29 is 19.4 Å². The lowest BCUT2D eigenvalue weighted by Gasteiger charge is -2.15. The van der Waals surface area contributed by atoms with Crippen LogP contribution in [-0.2, 0) is 16.0 Å². The molecule has 0 saturated carbocycles. The van der Waals surface area contributed by atoms with Gasteiger partial charge in [-0.2, -0.15) is 0 Å². The van der Waals surface area contributed by atoms with Crippen LogP contribution in [0.25, 0.3) is 0 Å². The number of carboxylic acid groups (broad SMARTS) is 1. The summed E-state index contributed by atoms with van der Waals surface area (Å²) in [6.07, 6.45) is 0.106. The van der Waals surface area contributed by atoms with Crippen molar-refractivity contribution in [2.45, 2.75) is 25.9 Å². The fourth-order valence-electron chi connectivity index (χ4n) is 2.19. The fourth-order valence-corrected chi connectivity index (χ4v) is 2.40. The van der Waals surface area contributed by atoms with E-state index in [4.69, 9.17) is 21.1 Å². The lowest BCUT2D eigenvalue weighted by Crippen LogP contribution is -2.28. The molecule has 0 bridgehead atoms. The van der Waals surface area contributed by atoms with Crippen LogP contribution in [0.2, 0.25) is 5.02 Å². The Morgan fingerprint density at radius 1 is 1.17 bits per heavy atom. The van der Waals surface area contributed by atoms with Gasteiger partial charge in [0.25, 0.3) is 0 Å². The van der Waals surface area contributed by atoms with Gasteiger partial charge >= 0.3 is 5.97 Å². The Morgan fingerprint density at radius 2 is 1.92 bits per heavy atom. The summed E-state index contributed by atoms with van der Waals surface area (Å²) >= 11 is 5.93. The van der Waals surface area contributed by atoms with Crippen molar-refractivity contribution >= 4 is 17.6 Å². The number of rotatable bonds is 9. The molecule has 24 heavy (non-hydrogen) atoms. The first-order valence-electron chi connectivity index (χ1n) is 7.83. The van der Waals surface area contributed by atoms with Crippen molar-refractivity contribution in [3.63, 3.8) is 0 Å². The minimum absolute atomic E-state index is 0.290. The summed E-state index contributed by atoms with van der Waals surface area (Å²) in [7, 11) is 0. The highest BCUT2D eigenvalue weighted by molar-refractivity contribution is 6.30. The summed E-state index contributed by atoms with van der Waals surface area (Å²) in [6, 6.07) is 14.9. The first kappa shape index (κ1) is 18.3. The van der Waals surface area contributed by atoms with E-state index in [1.807, 2.05) is 43.3 Å². The zero-order chi connectivity index (χ0) is 17.4. The second kappa shape index (κ2) is 9.30. The Kier molecular flexibility index (Phi) is 7.09. The maximum absolute atomic E-state index is 11.3. The first-order chi connectivity index (χ1) is 11.5. The van der Waals surface area contributed by atoms with Gasteiger partial charge in [-0.05, 0) is 43.2 Å². The lowest BCUT2D eigenvalue weighted by atomic mass is 10.2. The van der Waals surface area contributed by atoms with E-state index in [1.54, 1.807) is 12.1 Å². The molecule has 0 aliphatic rings. The molecule has 0 aliphatic carbocycles. The van der Waals surface area contributed by atoms with Gasteiger partial charge in [-0.25, -0.2) is 4.79 Å². The van der Waals surface area contributed by atoms with E-state index < -0.39 is 12.1 Å². The Bertz CT molecular complexity index is 655. The van der Waals surface area contributed by atoms with E-state index >= 15 is 0 Å². The molecule has 128 valence electrons. The minimum atomic E-state index is -0.992. The highest BCUT2D eigenvalue weighted by atomic mass is 35.5. The molecule has 1 N–H and O–H groups in total. The predicted octanol–water partition coefficient (Wildman–Crippen LogP) is 4.13. The number of hydrogen-bond acceptors (Lipinski definition) is 3. The third kappa shape index (κ3) is 6.22. The smallest absolute Gasteiger partial charge is 0.344 e. The van der Waals surface area contributed by atoms with Crippen LogP contribution < -0.4 is 4.74 Å². The van der Waals surface area contributed by atoms with E-state index in [9.17, 15) is 9.90 Å². The van der Waals surface area contributed by atoms with Crippen molar-refractivity contribution in [1.82, 2.24) is 0 Å². The molecule has 0 aliphatic heterocycles. The van der Waals surface area contributed by atoms with Crippen molar-refractivity contribution in [2.75, 3.05) is 13.2 Å². The zero-order valence-electron chi connectivity index (χ0n) is 13.6. The molecule has 0 heterocycles. The maximum atomic E-state index is 11.3. The van der Waals surface area contributed by atoms with Crippen molar-refractivity contribution in [3.8, 4) is 5.75 Å². The van der Waals surface area contributed by atoms with Crippen LogP contribution >= 0.6 is 11.6 Å². The van der Waals surface area contributed by atoms with E-state index in [0.717, 1.165) is 17.5 Å². The second-order valence-corrected chi connectivity index (χ2v) is 5.98.